The molecule has 2 N–H and O–H groups in total. The van der Waals surface area contributed by atoms with E-state index in [1.54, 1.807) is 6.92 Å². The summed E-state index contributed by atoms with van der Waals surface area (Å²) < 4.78 is 4.85. The van der Waals surface area contributed by atoms with E-state index in [1.165, 1.54) is 0 Å². The van der Waals surface area contributed by atoms with Gasteiger partial charge in [-0.05, 0) is 19.3 Å². The zero-order valence-corrected chi connectivity index (χ0v) is 8.69. The lowest BCUT2D eigenvalue weighted by atomic mass is 10.1. The number of hydrogen-bond acceptors (Lipinski definition) is 3. The number of hydrogen-bond donors (Lipinski definition) is 1. The highest BCUT2D eigenvalue weighted by Gasteiger charge is 2.07. The van der Waals surface area contributed by atoms with Gasteiger partial charge < -0.3 is 10.5 Å². The van der Waals surface area contributed by atoms with Crippen molar-refractivity contribution in [3.8, 4) is 0 Å². The van der Waals surface area contributed by atoms with Gasteiger partial charge in [0, 0.05) is 0 Å². The topological polar surface area (TPSA) is 52.3 Å². The Balaban J connectivity index is 0. The van der Waals surface area contributed by atoms with E-state index in [0.29, 0.717) is 12.5 Å². The van der Waals surface area contributed by atoms with E-state index in [0.717, 1.165) is 6.42 Å². The Labute approximate surface area is 80.1 Å². The average Bonchev–Trinajstić information content (AvgIpc) is 1.86. The quantitative estimate of drug-likeness (QED) is 0.689. The second kappa shape index (κ2) is 7.37. The smallest absolute Gasteiger partial charge is 0.322 e. The van der Waals surface area contributed by atoms with Crippen molar-refractivity contribution in [1.29, 1.82) is 0 Å². The highest BCUT2D eigenvalue weighted by molar-refractivity contribution is 5.85. The minimum atomic E-state index is -0.498. The number of ether oxygens (including phenoxy) is 1. The molecule has 0 aromatic carbocycles. The Bertz CT molecular complexity index is 126. The van der Waals surface area contributed by atoms with Crippen LogP contribution in [0.15, 0.2) is 0 Å². The van der Waals surface area contributed by atoms with E-state index < -0.39 is 6.04 Å². The first-order chi connectivity index (χ1) is 5.04. The summed E-state index contributed by atoms with van der Waals surface area (Å²) in [5.74, 6) is 0.251. The molecular formula is C8H18ClNO2. The number of carbonyl (C=O) groups is 1. The van der Waals surface area contributed by atoms with Crippen molar-refractivity contribution in [3.05, 3.63) is 0 Å². The predicted octanol–water partition coefficient (Wildman–Crippen LogP) is 1.34. The van der Waals surface area contributed by atoms with Crippen LogP contribution in [-0.4, -0.2) is 18.6 Å². The van der Waals surface area contributed by atoms with E-state index in [-0.39, 0.29) is 18.4 Å². The highest BCUT2D eigenvalue weighted by atomic mass is 35.5. The molecule has 0 saturated carbocycles. The normalized spacial score (nSPS) is 12.1. The van der Waals surface area contributed by atoms with Crippen LogP contribution < -0.4 is 5.73 Å². The van der Waals surface area contributed by atoms with Crippen molar-refractivity contribution >= 4 is 18.4 Å². The summed E-state index contributed by atoms with van der Waals surface area (Å²) in [6.07, 6.45) is 0.901. The van der Waals surface area contributed by atoms with Crippen LogP contribution in [0.3, 0.4) is 0 Å². The molecule has 4 heteroatoms. The standard InChI is InChI=1S/C8H17NO2.ClH/c1-6(2)4-5-11-8(10)7(3)9;/h6-7H,4-5,9H2,1-3H3;1H/t7-;/m0./s1. The lowest BCUT2D eigenvalue weighted by Crippen LogP contribution is -2.29. The van der Waals surface area contributed by atoms with Gasteiger partial charge in [0.25, 0.3) is 0 Å². The van der Waals surface area contributed by atoms with Gasteiger partial charge in [-0.1, -0.05) is 13.8 Å². The summed E-state index contributed by atoms with van der Waals surface area (Å²) in [5.41, 5.74) is 5.28. The summed E-state index contributed by atoms with van der Waals surface area (Å²) in [6.45, 7) is 6.27. The number of rotatable bonds is 4. The summed E-state index contributed by atoms with van der Waals surface area (Å²) in [7, 11) is 0. The van der Waals surface area contributed by atoms with Gasteiger partial charge >= 0.3 is 5.97 Å². The van der Waals surface area contributed by atoms with Crippen molar-refractivity contribution in [2.75, 3.05) is 6.61 Å². The van der Waals surface area contributed by atoms with Crippen LogP contribution >= 0.6 is 12.4 Å². The molecule has 0 aromatic rings. The van der Waals surface area contributed by atoms with Crippen LogP contribution in [-0.2, 0) is 9.53 Å². The number of halogens is 1. The van der Waals surface area contributed by atoms with Crippen LogP contribution in [0.5, 0.6) is 0 Å². The van der Waals surface area contributed by atoms with Gasteiger partial charge in [0.1, 0.15) is 6.04 Å². The largest absolute Gasteiger partial charge is 0.465 e. The minimum absolute atomic E-state index is 0. The van der Waals surface area contributed by atoms with Crippen LogP contribution in [0.4, 0.5) is 0 Å². The Hall–Kier alpha value is -0.280. The molecule has 0 radical (unpaired) electrons. The summed E-state index contributed by atoms with van der Waals surface area (Å²) in [5, 5.41) is 0. The zero-order valence-electron chi connectivity index (χ0n) is 7.87. The molecule has 0 amide bonds. The first kappa shape index (κ1) is 14.3. The lowest BCUT2D eigenvalue weighted by molar-refractivity contribution is -0.145. The first-order valence-corrected chi connectivity index (χ1v) is 3.96. The molecule has 3 nitrogen and oxygen atoms in total. The maximum Gasteiger partial charge on any atom is 0.322 e. The van der Waals surface area contributed by atoms with Crippen molar-refractivity contribution in [1.82, 2.24) is 0 Å². The Morgan fingerprint density at radius 1 is 1.42 bits per heavy atom. The fourth-order valence-electron chi connectivity index (χ4n) is 0.527. The Kier molecular flexibility index (Phi) is 8.76. The fourth-order valence-corrected chi connectivity index (χ4v) is 0.527. The third kappa shape index (κ3) is 7.82. The summed E-state index contributed by atoms with van der Waals surface area (Å²) in [6, 6.07) is -0.498. The van der Waals surface area contributed by atoms with Crippen LogP contribution in [0.25, 0.3) is 0 Å². The third-order valence-electron chi connectivity index (χ3n) is 1.31. The molecule has 0 fully saturated rings. The highest BCUT2D eigenvalue weighted by Crippen LogP contribution is 1.99. The second-order valence-electron chi connectivity index (χ2n) is 3.14. The second-order valence-corrected chi connectivity index (χ2v) is 3.14. The summed E-state index contributed by atoms with van der Waals surface area (Å²) >= 11 is 0. The van der Waals surface area contributed by atoms with Gasteiger partial charge in [-0.3, -0.25) is 4.79 Å². The van der Waals surface area contributed by atoms with Crippen LogP contribution in [0, 0.1) is 5.92 Å². The Morgan fingerprint density at radius 2 is 1.92 bits per heavy atom. The maximum absolute atomic E-state index is 10.8. The molecule has 0 spiro atoms. The number of carbonyl (C=O) groups excluding carboxylic acids is 1. The molecule has 0 aromatic heterocycles. The number of esters is 1. The molecule has 0 bridgehead atoms. The van der Waals surface area contributed by atoms with Crippen LogP contribution in [0.2, 0.25) is 0 Å². The molecule has 12 heavy (non-hydrogen) atoms. The number of nitrogens with two attached hydrogens (primary N) is 1. The summed E-state index contributed by atoms with van der Waals surface area (Å²) in [4.78, 5) is 10.8. The van der Waals surface area contributed by atoms with Crippen molar-refractivity contribution < 1.29 is 9.53 Å². The average molecular weight is 196 g/mol. The van der Waals surface area contributed by atoms with Gasteiger partial charge in [-0.15, -0.1) is 12.4 Å². The van der Waals surface area contributed by atoms with E-state index in [1.807, 2.05) is 0 Å². The molecule has 0 unspecified atom stereocenters. The molecule has 0 aliphatic rings. The van der Waals surface area contributed by atoms with Crippen molar-refractivity contribution in [2.24, 2.45) is 11.7 Å². The molecule has 1 atom stereocenters. The van der Waals surface area contributed by atoms with Gasteiger partial charge in [-0.25, -0.2) is 0 Å². The molecule has 0 rings (SSSR count). The SMILES string of the molecule is CC(C)CCOC(=O)[C@H](C)N.Cl. The first-order valence-electron chi connectivity index (χ1n) is 3.96. The third-order valence-corrected chi connectivity index (χ3v) is 1.31. The zero-order chi connectivity index (χ0) is 8.85. The van der Waals surface area contributed by atoms with Gasteiger partial charge in [-0.2, -0.15) is 0 Å². The van der Waals surface area contributed by atoms with E-state index in [2.05, 4.69) is 13.8 Å². The molecule has 0 aliphatic carbocycles. The molecule has 0 aliphatic heterocycles. The monoisotopic (exact) mass is 195 g/mol. The van der Waals surface area contributed by atoms with Crippen molar-refractivity contribution in [2.45, 2.75) is 33.2 Å². The minimum Gasteiger partial charge on any atom is -0.465 e. The molecule has 74 valence electrons. The predicted molar refractivity (Wildman–Crippen MR) is 51.3 cm³/mol. The van der Waals surface area contributed by atoms with Gasteiger partial charge in [0.2, 0.25) is 0 Å². The maximum atomic E-state index is 10.8. The van der Waals surface area contributed by atoms with E-state index in [4.69, 9.17) is 10.5 Å². The van der Waals surface area contributed by atoms with Crippen molar-refractivity contribution in [3.63, 3.8) is 0 Å². The fraction of sp³-hybridized carbons (Fsp3) is 0.875. The van der Waals surface area contributed by atoms with E-state index >= 15 is 0 Å². The molecular weight excluding hydrogens is 178 g/mol. The van der Waals surface area contributed by atoms with E-state index in [9.17, 15) is 4.79 Å². The van der Waals surface area contributed by atoms with Gasteiger partial charge in [0.15, 0.2) is 0 Å². The van der Waals surface area contributed by atoms with Crippen LogP contribution in [0.1, 0.15) is 27.2 Å². The Morgan fingerprint density at radius 3 is 2.25 bits per heavy atom. The van der Waals surface area contributed by atoms with Gasteiger partial charge in [0.05, 0.1) is 6.61 Å². The lowest BCUT2D eigenvalue weighted by Gasteiger charge is -2.07. The molecule has 0 heterocycles. The molecule has 0 saturated heterocycles.